The standard InChI is InChI=1S/C64H38N6O/c65-39-40-26-36-55(52(38-40)64-67-62(45-31-27-43(28-32-45)41-14-3-1-4-15-41)66-63(68-64)46-33-29-44(30-34-46)42-16-5-2-6-17-42)70-53-22-10-7-18-47(53)49-35-37-56-59(60(49)70)51-20-8-11-23-54(51)69(56)57-24-13-21-50-48-19-9-12-25-58(48)71-61(50)57/h1-38H. The van der Waals surface area contributed by atoms with Crippen molar-refractivity contribution in [1.29, 1.82) is 5.26 Å². The zero-order chi connectivity index (χ0) is 47.0. The molecule has 10 aromatic carbocycles. The summed E-state index contributed by atoms with van der Waals surface area (Å²) in [4.78, 5) is 15.8. The minimum Gasteiger partial charge on any atom is -0.454 e. The van der Waals surface area contributed by atoms with Crippen LogP contribution in [0.2, 0.25) is 0 Å². The largest absolute Gasteiger partial charge is 0.454 e. The van der Waals surface area contributed by atoms with Gasteiger partial charge in [0.2, 0.25) is 0 Å². The van der Waals surface area contributed by atoms with Gasteiger partial charge in [0.15, 0.2) is 23.1 Å². The Morgan fingerprint density at radius 1 is 0.366 bits per heavy atom. The molecule has 0 atom stereocenters. The lowest BCUT2D eigenvalue weighted by molar-refractivity contribution is 0.666. The second-order valence-electron chi connectivity index (χ2n) is 17.8. The number of fused-ring (bicyclic) bond motifs is 10. The summed E-state index contributed by atoms with van der Waals surface area (Å²) in [6.07, 6.45) is 0. The molecule has 0 radical (unpaired) electrons. The minimum absolute atomic E-state index is 0.452. The number of nitriles is 1. The molecule has 4 aromatic heterocycles. The number of benzene rings is 10. The molecule has 14 aromatic rings. The van der Waals surface area contributed by atoms with Crippen LogP contribution in [0.5, 0.6) is 0 Å². The minimum atomic E-state index is 0.452. The Labute approximate surface area is 407 Å². The van der Waals surface area contributed by atoms with Crippen LogP contribution in [0.1, 0.15) is 5.56 Å². The zero-order valence-corrected chi connectivity index (χ0v) is 38.0. The van der Waals surface area contributed by atoms with Crippen LogP contribution in [0, 0.1) is 11.3 Å². The summed E-state index contributed by atoms with van der Waals surface area (Å²) >= 11 is 0. The van der Waals surface area contributed by atoms with Gasteiger partial charge >= 0.3 is 0 Å². The lowest BCUT2D eigenvalue weighted by Gasteiger charge is -2.16. The number of furan rings is 1. The van der Waals surface area contributed by atoms with E-state index in [1.165, 1.54) is 0 Å². The van der Waals surface area contributed by atoms with Crippen LogP contribution in [0.3, 0.4) is 0 Å². The van der Waals surface area contributed by atoms with Gasteiger partial charge in [-0.2, -0.15) is 5.26 Å². The summed E-state index contributed by atoms with van der Waals surface area (Å²) in [6, 6.07) is 81.9. The van der Waals surface area contributed by atoms with Gasteiger partial charge < -0.3 is 13.6 Å². The highest BCUT2D eigenvalue weighted by atomic mass is 16.3. The molecule has 0 amide bonds. The molecule has 14 rings (SSSR count). The van der Waals surface area contributed by atoms with Crippen LogP contribution in [-0.2, 0) is 0 Å². The average Bonchev–Trinajstić information content (AvgIpc) is 4.11. The van der Waals surface area contributed by atoms with Crippen LogP contribution >= 0.6 is 0 Å². The number of nitrogens with zero attached hydrogens (tertiary/aromatic N) is 6. The number of hydrogen-bond donors (Lipinski definition) is 0. The maximum Gasteiger partial charge on any atom is 0.166 e. The van der Waals surface area contributed by atoms with Gasteiger partial charge in [-0.15, -0.1) is 0 Å². The summed E-state index contributed by atoms with van der Waals surface area (Å²) in [5, 5.41) is 17.1. The molecule has 0 saturated carbocycles. The van der Waals surface area contributed by atoms with E-state index in [1.807, 2.05) is 66.7 Å². The molecule has 7 nitrogen and oxygen atoms in total. The summed E-state index contributed by atoms with van der Waals surface area (Å²) in [7, 11) is 0. The lowest BCUT2D eigenvalue weighted by Crippen LogP contribution is -2.04. The Hall–Kier alpha value is -9.90. The Morgan fingerprint density at radius 2 is 0.901 bits per heavy atom. The topological polar surface area (TPSA) is 85.5 Å². The number of para-hydroxylation sites is 4. The van der Waals surface area contributed by atoms with E-state index in [0.29, 0.717) is 28.6 Å². The van der Waals surface area contributed by atoms with Crippen LogP contribution in [0.15, 0.2) is 235 Å². The first-order valence-electron chi connectivity index (χ1n) is 23.7. The van der Waals surface area contributed by atoms with E-state index in [4.69, 9.17) is 19.4 Å². The van der Waals surface area contributed by atoms with E-state index in [9.17, 15) is 5.26 Å². The molecule has 0 unspecified atom stereocenters. The molecular formula is C64H38N6O. The van der Waals surface area contributed by atoms with Crippen molar-refractivity contribution in [2.45, 2.75) is 0 Å². The van der Waals surface area contributed by atoms with Crippen LogP contribution in [0.4, 0.5) is 0 Å². The third-order valence-electron chi connectivity index (χ3n) is 13.8. The van der Waals surface area contributed by atoms with Crippen molar-refractivity contribution in [3.8, 4) is 73.9 Å². The number of aromatic nitrogens is 5. The Bertz CT molecular complexity index is 4350. The van der Waals surface area contributed by atoms with Gasteiger partial charge in [0.1, 0.15) is 5.58 Å². The SMILES string of the molecule is N#Cc1ccc(-n2c3ccccc3c3ccc4c(c5ccccc5n4-c4cccc5c4oc4ccccc45)c32)c(-c2nc(-c3ccc(-c4ccccc4)cc3)nc(-c3ccc(-c4ccccc4)cc3)n2)c1. The average molecular weight is 907 g/mol. The molecule has 0 aliphatic carbocycles. The normalized spacial score (nSPS) is 11.6. The zero-order valence-electron chi connectivity index (χ0n) is 38.0. The van der Waals surface area contributed by atoms with Crippen LogP contribution in [0.25, 0.3) is 133 Å². The van der Waals surface area contributed by atoms with E-state index >= 15 is 0 Å². The number of hydrogen-bond acceptors (Lipinski definition) is 5. The van der Waals surface area contributed by atoms with Crippen LogP contribution < -0.4 is 0 Å². The van der Waals surface area contributed by atoms with Crippen LogP contribution in [-0.4, -0.2) is 24.1 Å². The van der Waals surface area contributed by atoms with E-state index in [-0.39, 0.29) is 0 Å². The molecule has 0 N–H and O–H groups in total. The molecule has 71 heavy (non-hydrogen) atoms. The fourth-order valence-electron chi connectivity index (χ4n) is 10.5. The van der Waals surface area contributed by atoms with E-state index in [1.54, 1.807) is 0 Å². The van der Waals surface area contributed by atoms with Crippen molar-refractivity contribution < 1.29 is 4.42 Å². The Kier molecular flexibility index (Phi) is 9.13. The summed E-state index contributed by atoms with van der Waals surface area (Å²) in [6.45, 7) is 0. The van der Waals surface area contributed by atoms with Crippen molar-refractivity contribution in [3.05, 3.63) is 236 Å². The number of rotatable bonds is 7. The molecule has 0 aliphatic rings. The fraction of sp³-hybridized carbons (Fsp3) is 0. The van der Waals surface area contributed by atoms with Crippen molar-refractivity contribution in [1.82, 2.24) is 24.1 Å². The first-order valence-corrected chi connectivity index (χ1v) is 23.7. The highest BCUT2D eigenvalue weighted by molar-refractivity contribution is 6.26. The second kappa shape index (κ2) is 16.1. The summed E-state index contributed by atoms with van der Waals surface area (Å²) < 4.78 is 11.4. The van der Waals surface area contributed by atoms with Gasteiger partial charge in [-0.3, -0.25) is 0 Å². The van der Waals surface area contributed by atoms with Crippen molar-refractivity contribution in [3.63, 3.8) is 0 Å². The third-order valence-corrected chi connectivity index (χ3v) is 13.8. The van der Waals surface area contributed by atoms with Gasteiger partial charge in [0.05, 0.1) is 45.1 Å². The highest BCUT2D eigenvalue weighted by Crippen LogP contribution is 2.45. The molecule has 0 aliphatic heterocycles. The predicted molar refractivity (Wildman–Crippen MR) is 288 cm³/mol. The highest BCUT2D eigenvalue weighted by Gasteiger charge is 2.25. The van der Waals surface area contributed by atoms with Gasteiger partial charge in [-0.05, 0) is 70.8 Å². The van der Waals surface area contributed by atoms with Gasteiger partial charge in [-0.25, -0.2) is 15.0 Å². The molecule has 0 saturated heterocycles. The fourth-order valence-corrected chi connectivity index (χ4v) is 10.5. The monoisotopic (exact) mass is 906 g/mol. The van der Waals surface area contributed by atoms with E-state index in [2.05, 4.69) is 179 Å². The molecule has 4 heterocycles. The Morgan fingerprint density at radius 3 is 1.56 bits per heavy atom. The maximum atomic E-state index is 10.6. The molecule has 330 valence electrons. The molecule has 7 heteroatoms. The second-order valence-corrected chi connectivity index (χ2v) is 17.8. The lowest BCUT2D eigenvalue weighted by atomic mass is 10.0. The first kappa shape index (κ1) is 40.2. The van der Waals surface area contributed by atoms with E-state index in [0.717, 1.165) is 110 Å². The molecule has 0 bridgehead atoms. The van der Waals surface area contributed by atoms with Gasteiger partial charge in [0, 0.05) is 49.0 Å². The van der Waals surface area contributed by atoms with E-state index < -0.39 is 0 Å². The summed E-state index contributed by atoms with van der Waals surface area (Å²) in [5.74, 6) is 1.50. The summed E-state index contributed by atoms with van der Waals surface area (Å²) in [5.41, 5.74) is 15.0. The quantitative estimate of drug-likeness (QED) is 0.159. The smallest absolute Gasteiger partial charge is 0.166 e. The molecular weight excluding hydrogens is 869 g/mol. The van der Waals surface area contributed by atoms with Crippen molar-refractivity contribution in [2.24, 2.45) is 0 Å². The predicted octanol–water partition coefficient (Wildman–Crippen LogP) is 16.2. The molecule has 0 fully saturated rings. The maximum absolute atomic E-state index is 10.6. The third kappa shape index (κ3) is 6.47. The van der Waals surface area contributed by atoms with Crippen molar-refractivity contribution in [2.75, 3.05) is 0 Å². The van der Waals surface area contributed by atoms with Gasteiger partial charge in [-0.1, -0.05) is 182 Å². The first-order chi connectivity index (χ1) is 35.2. The van der Waals surface area contributed by atoms with Gasteiger partial charge in [0.25, 0.3) is 0 Å². The Balaban J connectivity index is 1.03. The van der Waals surface area contributed by atoms with Crippen molar-refractivity contribution >= 4 is 65.6 Å². The molecule has 0 spiro atoms.